The molecular weight excluding hydrogens is 260 g/mol. The molecule has 1 aliphatic rings. The quantitative estimate of drug-likeness (QED) is 0.861. The number of hydrogen-bond acceptors (Lipinski definition) is 4. The normalized spacial score (nSPS) is 20.2. The van der Waals surface area contributed by atoms with Gasteiger partial charge in [-0.05, 0) is 31.6 Å². The maximum Gasteiger partial charge on any atom is 0.138 e. The zero-order valence-electron chi connectivity index (χ0n) is 14.6. The second-order valence-corrected chi connectivity index (χ2v) is 7.92. The summed E-state index contributed by atoms with van der Waals surface area (Å²) in [5.74, 6) is 3.58. The van der Waals surface area contributed by atoms with E-state index in [4.69, 9.17) is 9.97 Å². The van der Waals surface area contributed by atoms with E-state index in [0.29, 0.717) is 5.41 Å². The fourth-order valence-electron chi connectivity index (χ4n) is 2.51. The average molecular weight is 290 g/mol. The highest BCUT2D eigenvalue weighted by molar-refractivity contribution is 5.57. The van der Waals surface area contributed by atoms with Gasteiger partial charge in [-0.2, -0.15) is 0 Å². The summed E-state index contributed by atoms with van der Waals surface area (Å²) < 4.78 is 0. The van der Waals surface area contributed by atoms with Crippen molar-refractivity contribution >= 4 is 11.6 Å². The molecule has 4 nitrogen and oxygen atoms in total. The van der Waals surface area contributed by atoms with E-state index in [1.54, 1.807) is 0 Å². The molecule has 0 saturated heterocycles. The Bertz CT molecular complexity index is 514. The summed E-state index contributed by atoms with van der Waals surface area (Å²) in [6, 6.07) is 0. The predicted octanol–water partition coefficient (Wildman–Crippen LogP) is 3.97. The molecule has 1 aromatic heterocycles. The molecule has 1 fully saturated rings. The molecule has 0 amide bonds. The topological polar surface area (TPSA) is 49.8 Å². The largest absolute Gasteiger partial charge is 0.370 e. The first-order chi connectivity index (χ1) is 9.65. The van der Waals surface area contributed by atoms with E-state index < -0.39 is 0 Å². The third kappa shape index (κ3) is 3.66. The summed E-state index contributed by atoms with van der Waals surface area (Å²) in [7, 11) is 0. The fourth-order valence-corrected chi connectivity index (χ4v) is 2.51. The maximum atomic E-state index is 4.77. The van der Waals surface area contributed by atoms with Gasteiger partial charge in [0.05, 0.1) is 0 Å². The number of rotatable bonds is 5. The van der Waals surface area contributed by atoms with E-state index >= 15 is 0 Å². The molecule has 21 heavy (non-hydrogen) atoms. The molecule has 118 valence electrons. The van der Waals surface area contributed by atoms with Gasteiger partial charge in [0.1, 0.15) is 17.5 Å². The van der Waals surface area contributed by atoms with Crippen LogP contribution in [0.5, 0.6) is 0 Å². The lowest BCUT2D eigenvalue weighted by Gasteiger charge is -2.21. The summed E-state index contributed by atoms with van der Waals surface area (Å²) in [5, 5.41) is 6.91. The number of anilines is 2. The van der Waals surface area contributed by atoms with Gasteiger partial charge in [-0.15, -0.1) is 0 Å². The van der Waals surface area contributed by atoms with Crippen LogP contribution in [0.1, 0.15) is 59.4 Å². The van der Waals surface area contributed by atoms with Gasteiger partial charge in [0, 0.05) is 24.1 Å². The lowest BCUT2D eigenvalue weighted by molar-refractivity contribution is 0.544. The number of hydrogen-bond donors (Lipinski definition) is 2. The lowest BCUT2D eigenvalue weighted by atomic mass is 9.95. The van der Waals surface area contributed by atoms with Gasteiger partial charge in [-0.3, -0.25) is 0 Å². The monoisotopic (exact) mass is 290 g/mol. The van der Waals surface area contributed by atoms with Crippen LogP contribution >= 0.6 is 0 Å². The van der Waals surface area contributed by atoms with Gasteiger partial charge in [-0.25, -0.2) is 9.97 Å². The molecule has 1 aliphatic carbocycles. The molecule has 1 aromatic rings. The molecule has 0 spiro atoms. The van der Waals surface area contributed by atoms with Crippen molar-refractivity contribution < 1.29 is 0 Å². The minimum absolute atomic E-state index is 0.0485. The van der Waals surface area contributed by atoms with Crippen LogP contribution in [0.15, 0.2) is 0 Å². The van der Waals surface area contributed by atoms with Crippen LogP contribution in [-0.2, 0) is 5.41 Å². The Balaban J connectivity index is 2.23. The van der Waals surface area contributed by atoms with Crippen LogP contribution < -0.4 is 10.6 Å². The molecule has 1 saturated carbocycles. The summed E-state index contributed by atoms with van der Waals surface area (Å²) in [4.78, 5) is 9.47. The number of aromatic nitrogens is 2. The van der Waals surface area contributed by atoms with Crippen LogP contribution in [-0.4, -0.2) is 23.1 Å². The van der Waals surface area contributed by atoms with Crippen molar-refractivity contribution in [3.63, 3.8) is 0 Å². The van der Waals surface area contributed by atoms with Crippen LogP contribution in [0.3, 0.4) is 0 Å². The van der Waals surface area contributed by atoms with Gasteiger partial charge in [0.2, 0.25) is 0 Å². The van der Waals surface area contributed by atoms with Crippen molar-refractivity contribution in [1.29, 1.82) is 0 Å². The minimum atomic E-state index is -0.0485. The summed E-state index contributed by atoms with van der Waals surface area (Å²) in [6.45, 7) is 17.2. The van der Waals surface area contributed by atoms with E-state index in [1.807, 2.05) is 0 Å². The Kier molecular flexibility index (Phi) is 4.18. The molecule has 0 bridgehead atoms. The second kappa shape index (κ2) is 5.47. The van der Waals surface area contributed by atoms with E-state index in [2.05, 4.69) is 59.1 Å². The van der Waals surface area contributed by atoms with E-state index in [-0.39, 0.29) is 5.41 Å². The summed E-state index contributed by atoms with van der Waals surface area (Å²) in [5.41, 5.74) is 1.56. The smallest absolute Gasteiger partial charge is 0.138 e. The highest BCUT2D eigenvalue weighted by atomic mass is 15.1. The van der Waals surface area contributed by atoms with Gasteiger partial charge in [-0.1, -0.05) is 34.6 Å². The summed E-state index contributed by atoms with van der Waals surface area (Å²) >= 11 is 0. The molecule has 1 unspecified atom stereocenters. The van der Waals surface area contributed by atoms with Gasteiger partial charge in [0.25, 0.3) is 0 Å². The van der Waals surface area contributed by atoms with Crippen molar-refractivity contribution in [2.45, 2.75) is 60.3 Å². The number of nitrogens with one attached hydrogen (secondary N) is 2. The highest BCUT2D eigenvalue weighted by Gasteiger charge is 2.45. The molecule has 1 atom stereocenters. The Labute approximate surface area is 129 Å². The van der Waals surface area contributed by atoms with Crippen molar-refractivity contribution in [1.82, 2.24) is 9.97 Å². The SMILES string of the molecule is CCNc1nc(C(C)(C)C)nc(NCC2CC2(C)C)c1C. The van der Waals surface area contributed by atoms with Crippen molar-refractivity contribution in [2.75, 3.05) is 23.7 Å². The Morgan fingerprint density at radius 3 is 2.10 bits per heavy atom. The third-order valence-electron chi connectivity index (χ3n) is 4.39. The first kappa shape index (κ1) is 16.1. The maximum absolute atomic E-state index is 4.77. The molecule has 2 N–H and O–H groups in total. The van der Waals surface area contributed by atoms with Crippen molar-refractivity contribution in [3.05, 3.63) is 11.4 Å². The zero-order valence-corrected chi connectivity index (χ0v) is 14.6. The molecular formula is C17H30N4. The molecule has 4 heteroatoms. The minimum Gasteiger partial charge on any atom is -0.370 e. The van der Waals surface area contributed by atoms with Crippen LogP contribution in [0.25, 0.3) is 0 Å². The van der Waals surface area contributed by atoms with Crippen LogP contribution in [0, 0.1) is 18.3 Å². The first-order valence-electron chi connectivity index (χ1n) is 8.02. The lowest BCUT2D eigenvalue weighted by Crippen LogP contribution is -2.20. The van der Waals surface area contributed by atoms with E-state index in [9.17, 15) is 0 Å². The van der Waals surface area contributed by atoms with E-state index in [1.165, 1.54) is 6.42 Å². The van der Waals surface area contributed by atoms with Gasteiger partial charge >= 0.3 is 0 Å². The molecule has 0 aliphatic heterocycles. The first-order valence-corrected chi connectivity index (χ1v) is 8.02. The molecule has 0 radical (unpaired) electrons. The Morgan fingerprint density at radius 2 is 1.67 bits per heavy atom. The fraction of sp³-hybridized carbons (Fsp3) is 0.765. The van der Waals surface area contributed by atoms with Crippen molar-refractivity contribution in [2.24, 2.45) is 11.3 Å². The predicted molar refractivity (Wildman–Crippen MR) is 90.0 cm³/mol. The number of nitrogens with zero attached hydrogens (tertiary/aromatic N) is 2. The molecule has 0 aromatic carbocycles. The van der Waals surface area contributed by atoms with Crippen molar-refractivity contribution in [3.8, 4) is 0 Å². The average Bonchev–Trinajstić information content (AvgIpc) is 2.97. The van der Waals surface area contributed by atoms with E-state index in [0.717, 1.165) is 42.0 Å². The van der Waals surface area contributed by atoms with Crippen LogP contribution in [0.4, 0.5) is 11.6 Å². The highest BCUT2D eigenvalue weighted by Crippen LogP contribution is 2.51. The Hall–Kier alpha value is -1.32. The van der Waals surface area contributed by atoms with Crippen LogP contribution in [0.2, 0.25) is 0 Å². The molecule has 2 rings (SSSR count). The van der Waals surface area contributed by atoms with Gasteiger partial charge in [0.15, 0.2) is 0 Å². The molecule has 1 heterocycles. The zero-order chi connectivity index (χ0) is 15.8. The third-order valence-corrected chi connectivity index (χ3v) is 4.39. The Morgan fingerprint density at radius 1 is 1.14 bits per heavy atom. The second-order valence-electron chi connectivity index (χ2n) is 7.92. The van der Waals surface area contributed by atoms with Gasteiger partial charge < -0.3 is 10.6 Å². The summed E-state index contributed by atoms with van der Waals surface area (Å²) in [6.07, 6.45) is 1.30. The standard InChI is InChI=1S/C17H30N4/c1-8-18-13-11(2)14(19-10-12-9-17(12,6)7)21-15(20-13)16(3,4)5/h12H,8-10H2,1-7H3,(H2,18,19,20,21).